The third-order valence-corrected chi connectivity index (χ3v) is 5.30. The second kappa shape index (κ2) is 4.85. The Balaban J connectivity index is 2.05. The summed E-state index contributed by atoms with van der Waals surface area (Å²) in [6, 6.07) is 9.72. The summed E-state index contributed by atoms with van der Waals surface area (Å²) >= 11 is 6.58. The van der Waals surface area contributed by atoms with Crippen molar-refractivity contribution in [1.82, 2.24) is 0 Å². The van der Waals surface area contributed by atoms with E-state index in [9.17, 15) is 9.90 Å². The lowest BCUT2D eigenvalue weighted by molar-refractivity contribution is -0.145. The molecule has 0 aromatic heterocycles. The van der Waals surface area contributed by atoms with Crippen molar-refractivity contribution < 1.29 is 9.90 Å². The molecule has 2 fully saturated rings. The number of ketones is 1. The van der Waals surface area contributed by atoms with Crippen LogP contribution in [0.3, 0.4) is 0 Å². The smallest absolute Gasteiger partial charge is 0.136 e. The van der Waals surface area contributed by atoms with Gasteiger partial charge in [-0.25, -0.2) is 0 Å². The summed E-state index contributed by atoms with van der Waals surface area (Å²) in [6.45, 7) is 1.95. The van der Waals surface area contributed by atoms with Crippen LogP contribution in [0.15, 0.2) is 30.3 Å². The Bertz CT molecular complexity index is 511. The van der Waals surface area contributed by atoms with Crippen molar-refractivity contribution >= 4 is 17.4 Å². The van der Waals surface area contributed by atoms with Gasteiger partial charge in [-0.3, -0.25) is 4.79 Å². The lowest BCUT2D eigenvalue weighted by Gasteiger charge is -2.51. The molecule has 0 heterocycles. The Morgan fingerprint density at radius 1 is 1.30 bits per heavy atom. The molecule has 3 rings (SSSR count). The molecule has 2 aliphatic rings. The lowest BCUT2D eigenvalue weighted by atomic mass is 9.58. The molecule has 0 aliphatic heterocycles. The summed E-state index contributed by atoms with van der Waals surface area (Å²) in [5, 5.41) is 11.4. The SMILES string of the molecule is C[C@@]1(Cl)C[C@H]2C(=O)CCC[C@@H]2[C@@](O)(c2ccccc2)C1. The Labute approximate surface area is 125 Å². The van der Waals surface area contributed by atoms with Gasteiger partial charge in [-0.15, -0.1) is 11.6 Å². The van der Waals surface area contributed by atoms with Gasteiger partial charge in [0.2, 0.25) is 0 Å². The van der Waals surface area contributed by atoms with Gasteiger partial charge in [0, 0.05) is 23.1 Å². The highest BCUT2D eigenvalue weighted by atomic mass is 35.5. The number of carbonyl (C=O) groups excluding carboxylic acids is 1. The van der Waals surface area contributed by atoms with E-state index in [0.29, 0.717) is 19.3 Å². The zero-order chi connectivity index (χ0) is 14.4. The summed E-state index contributed by atoms with van der Waals surface area (Å²) in [4.78, 5) is 11.8. The molecule has 1 N–H and O–H groups in total. The van der Waals surface area contributed by atoms with E-state index < -0.39 is 10.5 Å². The number of carbonyl (C=O) groups is 1. The van der Waals surface area contributed by atoms with Gasteiger partial charge in [0.1, 0.15) is 5.78 Å². The van der Waals surface area contributed by atoms with Crippen LogP contribution in [0, 0.1) is 11.8 Å². The van der Waals surface area contributed by atoms with E-state index in [-0.39, 0.29) is 17.6 Å². The van der Waals surface area contributed by atoms with Gasteiger partial charge in [0.15, 0.2) is 0 Å². The maximum absolute atomic E-state index is 12.3. The molecule has 0 unspecified atom stereocenters. The normalized spacial score (nSPS) is 41.2. The fourth-order valence-corrected chi connectivity index (χ4v) is 4.57. The van der Waals surface area contributed by atoms with Crippen molar-refractivity contribution in [3.05, 3.63) is 35.9 Å². The number of hydrogen-bond acceptors (Lipinski definition) is 2. The van der Waals surface area contributed by atoms with Crippen molar-refractivity contribution in [2.75, 3.05) is 0 Å². The zero-order valence-electron chi connectivity index (χ0n) is 11.8. The molecule has 1 aromatic rings. The fourth-order valence-electron chi connectivity index (χ4n) is 4.20. The number of halogens is 1. The second-order valence-corrected chi connectivity index (χ2v) is 7.57. The molecular weight excluding hydrogens is 272 g/mol. The molecule has 1 aromatic carbocycles. The molecule has 2 saturated carbocycles. The Morgan fingerprint density at radius 3 is 2.70 bits per heavy atom. The van der Waals surface area contributed by atoms with Crippen molar-refractivity contribution in [2.24, 2.45) is 11.8 Å². The molecule has 20 heavy (non-hydrogen) atoms. The zero-order valence-corrected chi connectivity index (χ0v) is 12.6. The lowest BCUT2D eigenvalue weighted by Crippen LogP contribution is -2.53. The number of aliphatic hydroxyl groups is 1. The minimum atomic E-state index is -0.975. The van der Waals surface area contributed by atoms with Crippen LogP contribution in [0.25, 0.3) is 0 Å². The molecular formula is C17H21ClO2. The number of hydrogen-bond donors (Lipinski definition) is 1. The molecule has 2 nitrogen and oxygen atoms in total. The van der Waals surface area contributed by atoms with Gasteiger partial charge in [0.05, 0.1) is 5.60 Å². The van der Waals surface area contributed by atoms with Crippen LogP contribution < -0.4 is 0 Å². The Kier molecular flexibility index (Phi) is 3.42. The number of Topliss-reactive ketones (excluding diaryl/α,β-unsaturated/α-hetero) is 1. The van der Waals surface area contributed by atoms with E-state index >= 15 is 0 Å². The topological polar surface area (TPSA) is 37.3 Å². The highest BCUT2D eigenvalue weighted by Crippen LogP contribution is 2.54. The summed E-state index contributed by atoms with van der Waals surface area (Å²) in [7, 11) is 0. The Morgan fingerprint density at radius 2 is 2.00 bits per heavy atom. The first-order chi connectivity index (χ1) is 9.42. The van der Waals surface area contributed by atoms with Gasteiger partial charge in [-0.2, -0.15) is 0 Å². The maximum Gasteiger partial charge on any atom is 0.136 e. The first kappa shape index (κ1) is 14.1. The van der Waals surface area contributed by atoms with Crippen LogP contribution in [0.4, 0.5) is 0 Å². The Hall–Kier alpha value is -0.860. The molecule has 0 saturated heterocycles. The van der Waals surface area contributed by atoms with Gasteiger partial charge < -0.3 is 5.11 Å². The van der Waals surface area contributed by atoms with Crippen molar-refractivity contribution in [3.63, 3.8) is 0 Å². The quantitative estimate of drug-likeness (QED) is 0.802. The van der Waals surface area contributed by atoms with Crippen LogP contribution in [-0.4, -0.2) is 15.8 Å². The first-order valence-corrected chi connectivity index (χ1v) is 7.80. The monoisotopic (exact) mass is 292 g/mol. The van der Waals surface area contributed by atoms with Crippen LogP contribution in [0.1, 0.15) is 44.6 Å². The number of rotatable bonds is 1. The molecule has 2 aliphatic carbocycles. The standard InChI is InChI=1S/C17H21ClO2/c1-16(18)10-13-14(8-5-9-15(13)19)17(20,11-16)12-6-3-2-4-7-12/h2-4,6-7,13-14,20H,5,8-11H2,1H3/t13-,14+,16-,17+/m1/s1. The maximum atomic E-state index is 12.3. The minimum absolute atomic E-state index is 0.0120. The number of fused-ring (bicyclic) bond motifs is 1. The van der Waals surface area contributed by atoms with Crippen LogP contribution in [0.5, 0.6) is 0 Å². The van der Waals surface area contributed by atoms with Gasteiger partial charge >= 0.3 is 0 Å². The van der Waals surface area contributed by atoms with Crippen molar-refractivity contribution in [2.45, 2.75) is 49.5 Å². The summed E-state index contributed by atoms with van der Waals surface area (Å²) in [6.07, 6.45) is 3.63. The van der Waals surface area contributed by atoms with Crippen LogP contribution in [0.2, 0.25) is 0 Å². The minimum Gasteiger partial charge on any atom is -0.385 e. The summed E-state index contributed by atoms with van der Waals surface area (Å²) in [5.41, 5.74) is -0.0761. The number of benzene rings is 1. The second-order valence-electron chi connectivity index (χ2n) is 6.66. The molecule has 108 valence electrons. The third kappa shape index (κ3) is 2.29. The van der Waals surface area contributed by atoms with Crippen LogP contribution >= 0.6 is 11.6 Å². The fraction of sp³-hybridized carbons (Fsp3) is 0.588. The molecule has 0 bridgehead atoms. The third-order valence-electron chi connectivity index (χ3n) is 5.01. The number of alkyl halides is 1. The van der Waals surface area contributed by atoms with Gasteiger partial charge in [0.25, 0.3) is 0 Å². The van der Waals surface area contributed by atoms with E-state index in [2.05, 4.69) is 0 Å². The van der Waals surface area contributed by atoms with E-state index in [1.165, 1.54) is 0 Å². The van der Waals surface area contributed by atoms with E-state index in [1.807, 2.05) is 37.3 Å². The predicted molar refractivity (Wildman–Crippen MR) is 79.7 cm³/mol. The molecule has 0 radical (unpaired) electrons. The van der Waals surface area contributed by atoms with Gasteiger partial charge in [-0.1, -0.05) is 30.3 Å². The largest absolute Gasteiger partial charge is 0.385 e. The van der Waals surface area contributed by atoms with E-state index in [4.69, 9.17) is 11.6 Å². The average Bonchev–Trinajstić information content (AvgIpc) is 2.40. The highest BCUT2D eigenvalue weighted by molar-refractivity contribution is 6.24. The van der Waals surface area contributed by atoms with Crippen LogP contribution in [-0.2, 0) is 10.4 Å². The molecule has 0 amide bonds. The molecule has 4 atom stereocenters. The molecule has 3 heteroatoms. The van der Waals surface area contributed by atoms with Crippen molar-refractivity contribution in [1.29, 1.82) is 0 Å². The predicted octanol–water partition coefficient (Wildman–Crippen LogP) is 3.65. The first-order valence-electron chi connectivity index (χ1n) is 7.42. The van der Waals surface area contributed by atoms with E-state index in [0.717, 1.165) is 18.4 Å². The van der Waals surface area contributed by atoms with E-state index in [1.54, 1.807) is 0 Å². The summed E-state index contributed by atoms with van der Waals surface area (Å²) in [5.74, 6) is 0.199. The molecule has 0 spiro atoms. The average molecular weight is 293 g/mol. The van der Waals surface area contributed by atoms with Crippen molar-refractivity contribution in [3.8, 4) is 0 Å². The summed E-state index contributed by atoms with van der Waals surface area (Å²) < 4.78 is 0. The highest BCUT2D eigenvalue weighted by Gasteiger charge is 2.54. The van der Waals surface area contributed by atoms with Gasteiger partial charge in [-0.05, 0) is 38.2 Å².